The van der Waals surface area contributed by atoms with Crippen LogP contribution in [0.4, 0.5) is 0 Å². The molecule has 17 heavy (non-hydrogen) atoms. The van der Waals surface area contributed by atoms with Crippen LogP contribution in [-0.2, 0) is 0 Å². The minimum Gasteiger partial charge on any atom is -0.594 e. The van der Waals surface area contributed by atoms with Gasteiger partial charge in [-0.2, -0.15) is 0 Å². The van der Waals surface area contributed by atoms with Crippen LogP contribution in [0, 0.1) is 5.21 Å². The van der Waals surface area contributed by atoms with E-state index in [2.05, 4.69) is 15.7 Å². The summed E-state index contributed by atoms with van der Waals surface area (Å²) >= 11 is 3.36. The fraction of sp³-hybridized carbons (Fsp3) is 0.600. The number of nitrogens with zero attached hydrogens (tertiary/aromatic N) is 2. The molecule has 2 N–H and O–H groups in total. The quantitative estimate of drug-likeness (QED) is 0.457. The van der Waals surface area contributed by atoms with Gasteiger partial charge in [0.15, 0.2) is 0 Å². The second kappa shape index (κ2) is 6.80. The lowest BCUT2D eigenvalue weighted by atomic mass is 10.5. The molecule has 2 fully saturated rings. The Hall–Kier alpha value is -0.820. The average Bonchev–Trinajstić information content (AvgIpc) is 2.39. The Labute approximate surface area is 109 Å². The van der Waals surface area contributed by atoms with Gasteiger partial charge >= 0.3 is 0 Å². The predicted octanol–water partition coefficient (Wildman–Crippen LogP) is 2.00. The van der Waals surface area contributed by atoms with Gasteiger partial charge in [-0.25, -0.2) is 0 Å². The number of thioether (sulfide) groups is 2. The van der Waals surface area contributed by atoms with E-state index in [9.17, 15) is 5.21 Å². The fourth-order valence-corrected chi connectivity index (χ4v) is 3.15. The Balaban J connectivity index is 1.91. The molecular weight excluding hydrogens is 256 g/mol. The number of hydroxylamine groups is 1. The van der Waals surface area contributed by atoms with Crippen molar-refractivity contribution >= 4 is 23.5 Å². The molecule has 94 valence electrons. The highest BCUT2D eigenvalue weighted by molar-refractivity contribution is 8.03. The van der Waals surface area contributed by atoms with Gasteiger partial charge in [0.05, 0.1) is 5.03 Å². The lowest BCUT2D eigenvalue weighted by Gasteiger charge is -2.14. The summed E-state index contributed by atoms with van der Waals surface area (Å²) in [5.41, 5.74) is 0. The van der Waals surface area contributed by atoms with Crippen LogP contribution in [0.15, 0.2) is 27.6 Å². The number of azo groups is 1. The maximum Gasteiger partial charge on any atom is 0.239 e. The van der Waals surface area contributed by atoms with Crippen molar-refractivity contribution in [2.24, 2.45) is 5.11 Å². The summed E-state index contributed by atoms with van der Waals surface area (Å²) in [6.45, 7) is 1.90. The van der Waals surface area contributed by atoms with Crippen LogP contribution < -0.4 is 10.6 Å². The molecule has 0 unspecified atom stereocenters. The van der Waals surface area contributed by atoms with Gasteiger partial charge < -0.3 is 15.8 Å². The molecule has 0 spiro atoms. The van der Waals surface area contributed by atoms with Crippen molar-refractivity contribution in [1.29, 1.82) is 0 Å². The van der Waals surface area contributed by atoms with E-state index in [1.165, 1.54) is 6.20 Å². The summed E-state index contributed by atoms with van der Waals surface area (Å²) in [6.07, 6.45) is 5.39. The molecular formula is C10H16N4OS2. The second-order valence-corrected chi connectivity index (χ2v) is 5.94. The van der Waals surface area contributed by atoms with Crippen molar-refractivity contribution in [3.05, 3.63) is 27.7 Å². The lowest BCUT2D eigenvalue weighted by Crippen LogP contribution is -2.19. The predicted molar refractivity (Wildman–Crippen MR) is 72.4 cm³/mol. The normalized spacial score (nSPS) is 26.7. The topological polar surface area (TPSA) is 62.5 Å². The Bertz CT molecular complexity index is 338. The van der Waals surface area contributed by atoms with Gasteiger partial charge in [-0.15, -0.1) is 23.5 Å². The van der Waals surface area contributed by atoms with Gasteiger partial charge in [0.2, 0.25) is 6.20 Å². The number of nitrogens with one attached hydrogen (secondary N) is 2. The highest BCUT2D eigenvalue weighted by Crippen LogP contribution is 2.19. The van der Waals surface area contributed by atoms with Gasteiger partial charge in [-0.3, -0.25) is 0 Å². The highest BCUT2D eigenvalue weighted by atomic mass is 32.2. The number of hydrogen-bond donors (Lipinski definition) is 2. The molecule has 0 aromatic heterocycles. The smallest absolute Gasteiger partial charge is 0.239 e. The van der Waals surface area contributed by atoms with E-state index in [-0.39, 0.29) is 0 Å². The van der Waals surface area contributed by atoms with Crippen molar-refractivity contribution in [3.63, 3.8) is 0 Å². The first kappa shape index (κ1) is 12.6. The maximum atomic E-state index is 11.5. The Morgan fingerprint density at radius 1 is 1.12 bits per heavy atom. The Morgan fingerprint density at radius 3 is 2.35 bits per heavy atom. The lowest BCUT2D eigenvalue weighted by molar-refractivity contribution is -0.454. The van der Waals surface area contributed by atoms with Gasteiger partial charge in [-0.1, -0.05) is 4.86 Å². The van der Waals surface area contributed by atoms with E-state index in [0.29, 0.717) is 4.86 Å². The zero-order valence-corrected chi connectivity index (χ0v) is 11.1. The van der Waals surface area contributed by atoms with Crippen molar-refractivity contribution in [2.45, 2.75) is 12.8 Å². The number of hydrogen-bond acceptors (Lipinski definition) is 6. The molecule has 2 aliphatic rings. The van der Waals surface area contributed by atoms with Crippen molar-refractivity contribution in [2.75, 3.05) is 24.6 Å². The molecule has 0 atom stereocenters. The number of rotatable bonds is 2. The molecule has 2 saturated heterocycles. The average molecular weight is 272 g/mol. The van der Waals surface area contributed by atoms with Crippen LogP contribution in [0.5, 0.6) is 0 Å². The highest BCUT2D eigenvalue weighted by Gasteiger charge is 2.08. The zero-order valence-electron chi connectivity index (χ0n) is 9.52. The van der Waals surface area contributed by atoms with Crippen LogP contribution in [-0.4, -0.2) is 29.5 Å². The summed E-state index contributed by atoms with van der Waals surface area (Å²) in [5, 5.41) is 23.6. The third-order valence-electron chi connectivity index (χ3n) is 2.27. The van der Waals surface area contributed by atoms with E-state index in [0.717, 1.165) is 47.5 Å². The monoisotopic (exact) mass is 272 g/mol. The molecule has 0 saturated carbocycles. The van der Waals surface area contributed by atoms with Crippen molar-refractivity contribution in [1.82, 2.24) is 10.6 Å². The molecule has 0 amide bonds. The van der Waals surface area contributed by atoms with E-state index >= 15 is 0 Å². The van der Waals surface area contributed by atoms with E-state index in [1.54, 1.807) is 29.7 Å². The van der Waals surface area contributed by atoms with Gasteiger partial charge in [0, 0.05) is 29.7 Å². The zero-order chi connectivity index (χ0) is 11.9. The first-order valence-corrected chi connectivity index (χ1v) is 7.64. The van der Waals surface area contributed by atoms with Crippen molar-refractivity contribution in [3.8, 4) is 0 Å². The Morgan fingerprint density at radius 2 is 1.76 bits per heavy atom. The minimum absolute atomic E-state index is 0.616. The molecule has 7 heteroatoms. The molecule has 0 aliphatic carbocycles. The third-order valence-corrected chi connectivity index (χ3v) is 4.38. The van der Waals surface area contributed by atoms with Gasteiger partial charge in [0.1, 0.15) is 11.2 Å². The third kappa shape index (κ3) is 4.51. The Kier molecular flexibility index (Phi) is 5.06. The van der Waals surface area contributed by atoms with E-state index in [1.807, 2.05) is 0 Å². The molecule has 0 aromatic carbocycles. The standard InChI is InChI=1S/C10H16N4OS2/c15-14(8-10-12-4-2-6-17-10)13-7-9-11-3-1-5-16-9/h7-8,11-12H,1-6H2/b9-7-,10-8+,14-13-. The molecule has 5 nitrogen and oxygen atoms in total. The first-order valence-electron chi connectivity index (χ1n) is 5.67. The van der Waals surface area contributed by atoms with Crippen LogP contribution >= 0.6 is 23.5 Å². The summed E-state index contributed by atoms with van der Waals surface area (Å²) in [4.78, 5) is 0.616. The molecule has 0 bridgehead atoms. The van der Waals surface area contributed by atoms with Gasteiger partial charge in [0.25, 0.3) is 0 Å². The summed E-state index contributed by atoms with van der Waals surface area (Å²) in [6, 6.07) is 0. The van der Waals surface area contributed by atoms with Crippen molar-refractivity contribution < 1.29 is 4.86 Å². The molecule has 0 radical (unpaired) electrons. The SMILES string of the molecule is [O-][N+](/C=C1\NCCCS1)=N\C=C1\NCCCS1. The summed E-state index contributed by atoms with van der Waals surface area (Å²) in [5.74, 6) is 2.15. The van der Waals surface area contributed by atoms with E-state index in [4.69, 9.17) is 0 Å². The van der Waals surface area contributed by atoms with Crippen LogP contribution in [0.3, 0.4) is 0 Å². The minimum atomic E-state index is 0.616. The largest absolute Gasteiger partial charge is 0.594 e. The van der Waals surface area contributed by atoms with Crippen LogP contribution in [0.25, 0.3) is 0 Å². The van der Waals surface area contributed by atoms with Crippen LogP contribution in [0.2, 0.25) is 0 Å². The first-order chi connectivity index (χ1) is 8.34. The second-order valence-electron chi connectivity index (χ2n) is 3.66. The van der Waals surface area contributed by atoms with Crippen LogP contribution in [0.1, 0.15) is 12.8 Å². The maximum absolute atomic E-state index is 11.5. The van der Waals surface area contributed by atoms with E-state index < -0.39 is 0 Å². The molecule has 2 rings (SSSR count). The molecule has 2 heterocycles. The summed E-state index contributed by atoms with van der Waals surface area (Å²) < 4.78 is 0. The molecule has 2 aliphatic heterocycles. The fourth-order valence-electron chi connectivity index (χ4n) is 1.44. The molecule has 0 aromatic rings. The van der Waals surface area contributed by atoms with Gasteiger partial charge in [-0.05, 0) is 12.8 Å². The summed E-state index contributed by atoms with van der Waals surface area (Å²) in [7, 11) is 0.